The number of likely N-dealkylation sites (tertiary alicyclic amines) is 1. The lowest BCUT2D eigenvalue weighted by atomic mass is 9.84. The van der Waals surface area contributed by atoms with Crippen molar-refractivity contribution in [1.29, 1.82) is 0 Å². The largest absolute Gasteiger partial charge is 0.465 e. The van der Waals surface area contributed by atoms with Gasteiger partial charge in [0.1, 0.15) is 0 Å². The van der Waals surface area contributed by atoms with E-state index in [0.29, 0.717) is 25.7 Å². The van der Waals surface area contributed by atoms with Gasteiger partial charge in [0.05, 0.1) is 24.5 Å². The summed E-state index contributed by atoms with van der Waals surface area (Å²) in [5.41, 5.74) is 4.42. The van der Waals surface area contributed by atoms with Gasteiger partial charge in [-0.25, -0.2) is 4.79 Å². The van der Waals surface area contributed by atoms with Crippen LogP contribution in [0.3, 0.4) is 0 Å². The first-order valence-corrected chi connectivity index (χ1v) is 10.9. The minimum absolute atomic E-state index is 0.103. The molecule has 1 aromatic carbocycles. The summed E-state index contributed by atoms with van der Waals surface area (Å²) < 4.78 is 2.01. The van der Waals surface area contributed by atoms with Gasteiger partial charge in [-0.3, -0.25) is 9.58 Å². The molecule has 1 N–H and O–H groups in total. The van der Waals surface area contributed by atoms with Crippen molar-refractivity contribution < 1.29 is 9.90 Å². The minimum atomic E-state index is -0.859. The summed E-state index contributed by atoms with van der Waals surface area (Å²) in [4.78, 5) is 15.5. The van der Waals surface area contributed by atoms with Crippen molar-refractivity contribution in [2.45, 2.75) is 64.7 Å². The lowest BCUT2D eigenvalue weighted by molar-refractivity contribution is 0.130. The van der Waals surface area contributed by atoms with Crippen molar-refractivity contribution in [3.05, 3.63) is 58.9 Å². The van der Waals surface area contributed by atoms with Crippen LogP contribution < -0.4 is 0 Å². The maximum absolute atomic E-state index is 11.5. The number of amides is 1. The number of hydrogen-bond acceptors (Lipinski definition) is 3. The van der Waals surface area contributed by atoms with Gasteiger partial charge in [-0.2, -0.15) is 5.10 Å². The molecule has 4 rings (SSSR count). The Hall–Kier alpha value is -2.60. The maximum Gasteiger partial charge on any atom is 0.407 e. The van der Waals surface area contributed by atoms with E-state index in [9.17, 15) is 9.90 Å². The molecule has 6 nitrogen and oxygen atoms in total. The van der Waals surface area contributed by atoms with E-state index in [0.717, 1.165) is 36.5 Å². The molecule has 0 saturated carbocycles. The normalized spacial score (nSPS) is 20.1. The predicted octanol–water partition coefficient (Wildman–Crippen LogP) is 4.35. The fourth-order valence-electron chi connectivity index (χ4n) is 4.72. The zero-order valence-corrected chi connectivity index (χ0v) is 18.2. The van der Waals surface area contributed by atoms with Gasteiger partial charge in [0, 0.05) is 24.7 Å². The fraction of sp³-hybridized carbons (Fsp3) is 0.500. The Balaban J connectivity index is 1.58. The van der Waals surface area contributed by atoms with Crippen LogP contribution in [0.5, 0.6) is 0 Å². The number of carbonyl (C=O) groups is 1. The molecule has 1 aromatic heterocycles. The summed E-state index contributed by atoms with van der Waals surface area (Å²) in [6.45, 7) is 10.1. The first-order chi connectivity index (χ1) is 14.3. The standard InChI is InChI=1S/C24H32N4O2/c1-24(2,3)22-20(25-28-15-14-27(23(29)30)17-21(22)28)12-11-19-10-7-13-26(19)16-18-8-5-4-6-9-18/h4-6,8-9,11-12,19H,7,10,13-17H2,1-3H3,(H,29,30). The topological polar surface area (TPSA) is 61.6 Å². The van der Waals surface area contributed by atoms with Crippen LogP contribution in [0.1, 0.15) is 56.1 Å². The summed E-state index contributed by atoms with van der Waals surface area (Å²) in [5, 5.41) is 14.3. The second-order valence-corrected chi connectivity index (χ2v) is 9.41. The zero-order chi connectivity index (χ0) is 21.3. The third-order valence-corrected chi connectivity index (χ3v) is 6.15. The molecule has 1 atom stereocenters. The highest BCUT2D eigenvalue weighted by molar-refractivity contribution is 5.65. The number of benzene rings is 1. The molecule has 1 fully saturated rings. The quantitative estimate of drug-likeness (QED) is 0.817. The monoisotopic (exact) mass is 408 g/mol. The van der Waals surface area contributed by atoms with E-state index in [1.54, 1.807) is 0 Å². The first kappa shape index (κ1) is 20.7. The van der Waals surface area contributed by atoms with E-state index in [2.05, 4.69) is 68.2 Å². The lowest BCUT2D eigenvalue weighted by Gasteiger charge is -2.28. The molecular weight excluding hydrogens is 376 g/mol. The first-order valence-electron chi connectivity index (χ1n) is 10.9. The Morgan fingerprint density at radius 2 is 1.97 bits per heavy atom. The Morgan fingerprint density at radius 1 is 1.20 bits per heavy atom. The van der Waals surface area contributed by atoms with Crippen LogP contribution in [0, 0.1) is 0 Å². The Morgan fingerprint density at radius 3 is 2.67 bits per heavy atom. The van der Waals surface area contributed by atoms with Crippen molar-refractivity contribution in [3.63, 3.8) is 0 Å². The van der Waals surface area contributed by atoms with Crippen LogP contribution >= 0.6 is 0 Å². The highest BCUT2D eigenvalue weighted by Crippen LogP contribution is 2.33. The van der Waals surface area contributed by atoms with Gasteiger partial charge in [0.15, 0.2) is 0 Å². The molecule has 3 heterocycles. The van der Waals surface area contributed by atoms with Crippen LogP contribution in [0.15, 0.2) is 36.4 Å². The van der Waals surface area contributed by atoms with Crippen molar-refractivity contribution in [3.8, 4) is 0 Å². The van der Waals surface area contributed by atoms with Gasteiger partial charge >= 0.3 is 6.09 Å². The molecule has 160 valence electrons. The number of aromatic nitrogens is 2. The van der Waals surface area contributed by atoms with Gasteiger partial charge in [0.25, 0.3) is 0 Å². The van der Waals surface area contributed by atoms with E-state index < -0.39 is 6.09 Å². The van der Waals surface area contributed by atoms with E-state index in [-0.39, 0.29) is 5.41 Å². The molecule has 1 unspecified atom stereocenters. The molecular formula is C24H32N4O2. The predicted molar refractivity (Wildman–Crippen MR) is 118 cm³/mol. The average molecular weight is 409 g/mol. The highest BCUT2D eigenvalue weighted by atomic mass is 16.4. The lowest BCUT2D eigenvalue weighted by Crippen LogP contribution is -2.38. The van der Waals surface area contributed by atoms with Gasteiger partial charge < -0.3 is 10.0 Å². The van der Waals surface area contributed by atoms with Crippen LogP contribution in [0.25, 0.3) is 6.08 Å². The van der Waals surface area contributed by atoms with Gasteiger partial charge in [-0.1, -0.05) is 57.2 Å². The number of nitrogens with zero attached hydrogens (tertiary/aromatic N) is 4. The van der Waals surface area contributed by atoms with Crippen molar-refractivity contribution in [2.24, 2.45) is 0 Å². The van der Waals surface area contributed by atoms with E-state index >= 15 is 0 Å². The van der Waals surface area contributed by atoms with Crippen molar-refractivity contribution in [2.75, 3.05) is 13.1 Å². The van der Waals surface area contributed by atoms with Gasteiger partial charge in [-0.15, -0.1) is 0 Å². The fourth-order valence-corrected chi connectivity index (χ4v) is 4.72. The summed E-state index contributed by atoms with van der Waals surface area (Å²) in [5.74, 6) is 0. The molecule has 30 heavy (non-hydrogen) atoms. The molecule has 0 aliphatic carbocycles. The summed E-state index contributed by atoms with van der Waals surface area (Å²) >= 11 is 0. The Kier molecular flexibility index (Phi) is 5.69. The molecule has 6 heteroatoms. The van der Waals surface area contributed by atoms with Crippen LogP contribution in [0.2, 0.25) is 0 Å². The number of hydrogen-bond donors (Lipinski definition) is 1. The van der Waals surface area contributed by atoms with E-state index in [1.807, 2.05) is 4.68 Å². The number of fused-ring (bicyclic) bond motifs is 1. The van der Waals surface area contributed by atoms with Gasteiger partial charge in [0.2, 0.25) is 0 Å². The number of carboxylic acid groups (broad SMARTS) is 1. The minimum Gasteiger partial charge on any atom is -0.465 e. The maximum atomic E-state index is 11.5. The van der Waals surface area contributed by atoms with E-state index in [1.165, 1.54) is 16.9 Å². The second-order valence-electron chi connectivity index (χ2n) is 9.41. The molecule has 0 bridgehead atoms. The Bertz CT molecular complexity index is 927. The summed E-state index contributed by atoms with van der Waals surface area (Å²) in [7, 11) is 0. The van der Waals surface area contributed by atoms with Crippen molar-refractivity contribution >= 4 is 12.2 Å². The second kappa shape index (κ2) is 8.26. The molecule has 1 saturated heterocycles. The molecule has 2 aromatic rings. The summed E-state index contributed by atoms with van der Waals surface area (Å²) in [6.07, 6.45) is 5.98. The number of rotatable bonds is 4. The molecule has 1 amide bonds. The highest BCUT2D eigenvalue weighted by Gasteiger charge is 2.31. The molecule has 0 radical (unpaired) electrons. The molecule has 2 aliphatic rings. The zero-order valence-electron chi connectivity index (χ0n) is 18.2. The third kappa shape index (κ3) is 4.29. The van der Waals surface area contributed by atoms with E-state index in [4.69, 9.17) is 5.10 Å². The van der Waals surface area contributed by atoms with Crippen LogP contribution in [0.4, 0.5) is 4.79 Å². The Labute approximate surface area is 178 Å². The van der Waals surface area contributed by atoms with Crippen LogP contribution in [-0.2, 0) is 25.0 Å². The molecule has 0 spiro atoms. The molecule has 2 aliphatic heterocycles. The van der Waals surface area contributed by atoms with Crippen molar-refractivity contribution in [1.82, 2.24) is 19.6 Å². The van der Waals surface area contributed by atoms with Crippen LogP contribution in [-0.4, -0.2) is 49.9 Å². The smallest absolute Gasteiger partial charge is 0.407 e. The summed E-state index contributed by atoms with van der Waals surface area (Å²) in [6, 6.07) is 11.0. The average Bonchev–Trinajstić information content (AvgIpc) is 3.29. The third-order valence-electron chi connectivity index (χ3n) is 6.15. The SMILES string of the molecule is CC(C)(C)c1c(C=CC2CCCN2Cc2ccccc2)nn2c1CN(C(=O)O)CC2. The van der Waals surface area contributed by atoms with Gasteiger partial charge in [-0.05, 0) is 36.4 Å².